The van der Waals surface area contributed by atoms with Gasteiger partial charge in [-0.3, -0.25) is 20.4 Å². The molecule has 1 aliphatic rings. The van der Waals surface area contributed by atoms with E-state index >= 15 is 0 Å². The fourth-order valence-electron chi connectivity index (χ4n) is 2.51. The maximum absolute atomic E-state index is 12.3. The van der Waals surface area contributed by atoms with E-state index in [2.05, 4.69) is 10.9 Å². The van der Waals surface area contributed by atoms with E-state index < -0.39 is 11.8 Å². The molecule has 0 radical (unpaired) electrons. The average molecular weight is 401 g/mol. The molecule has 0 aliphatic carbocycles. The Labute approximate surface area is 163 Å². The SMILES string of the molecule is O=C(NNC(=O)c1ccc(-c2ccc(Cl)cc2)s1)c1ccc2c(c1)OCO2. The third-order valence-electron chi connectivity index (χ3n) is 3.88. The van der Waals surface area contributed by atoms with E-state index in [0.717, 1.165) is 10.4 Å². The first-order chi connectivity index (χ1) is 13.1. The highest BCUT2D eigenvalue weighted by atomic mass is 35.5. The number of ether oxygens (including phenoxy) is 2. The van der Waals surface area contributed by atoms with Gasteiger partial charge < -0.3 is 9.47 Å². The molecule has 2 amide bonds. The van der Waals surface area contributed by atoms with Crippen LogP contribution in [-0.2, 0) is 0 Å². The number of carbonyl (C=O) groups excluding carboxylic acids is 2. The van der Waals surface area contributed by atoms with Crippen LogP contribution in [0.5, 0.6) is 11.5 Å². The first kappa shape index (κ1) is 17.4. The Morgan fingerprint density at radius 1 is 0.889 bits per heavy atom. The van der Waals surface area contributed by atoms with Crippen LogP contribution in [0.4, 0.5) is 0 Å². The summed E-state index contributed by atoms with van der Waals surface area (Å²) in [5.74, 6) is 0.245. The number of amides is 2. The summed E-state index contributed by atoms with van der Waals surface area (Å²) in [7, 11) is 0. The summed E-state index contributed by atoms with van der Waals surface area (Å²) in [6, 6.07) is 15.7. The molecular formula is C19H13ClN2O4S. The van der Waals surface area contributed by atoms with E-state index in [1.807, 2.05) is 18.2 Å². The molecule has 6 nitrogen and oxygen atoms in total. The van der Waals surface area contributed by atoms with Crippen LogP contribution in [0.2, 0.25) is 5.02 Å². The van der Waals surface area contributed by atoms with Crippen molar-refractivity contribution < 1.29 is 19.1 Å². The van der Waals surface area contributed by atoms with Crippen LogP contribution in [0.3, 0.4) is 0 Å². The van der Waals surface area contributed by atoms with Crippen molar-refractivity contribution in [3.8, 4) is 21.9 Å². The molecule has 0 bridgehead atoms. The Morgan fingerprint density at radius 2 is 1.63 bits per heavy atom. The zero-order valence-electron chi connectivity index (χ0n) is 13.8. The van der Waals surface area contributed by atoms with Gasteiger partial charge in [0, 0.05) is 15.5 Å². The quantitative estimate of drug-likeness (QED) is 0.654. The van der Waals surface area contributed by atoms with Crippen molar-refractivity contribution in [2.45, 2.75) is 0 Å². The van der Waals surface area contributed by atoms with Gasteiger partial charge in [-0.05, 0) is 48.0 Å². The second-order valence-corrected chi connectivity index (χ2v) is 7.17. The van der Waals surface area contributed by atoms with Crippen molar-refractivity contribution in [2.24, 2.45) is 0 Å². The van der Waals surface area contributed by atoms with Crippen molar-refractivity contribution in [1.82, 2.24) is 10.9 Å². The summed E-state index contributed by atoms with van der Waals surface area (Å²) < 4.78 is 10.4. The fourth-order valence-corrected chi connectivity index (χ4v) is 3.55. The number of rotatable bonds is 3. The average Bonchev–Trinajstić information content (AvgIpc) is 3.35. The third-order valence-corrected chi connectivity index (χ3v) is 5.27. The van der Waals surface area contributed by atoms with E-state index in [1.54, 1.807) is 36.4 Å². The number of benzene rings is 2. The van der Waals surface area contributed by atoms with Crippen LogP contribution in [0.25, 0.3) is 10.4 Å². The minimum atomic E-state index is -0.448. The molecule has 0 atom stereocenters. The summed E-state index contributed by atoms with van der Waals surface area (Å²) in [6.07, 6.45) is 0. The van der Waals surface area contributed by atoms with Crippen LogP contribution in [0.1, 0.15) is 20.0 Å². The topological polar surface area (TPSA) is 76.7 Å². The molecule has 136 valence electrons. The van der Waals surface area contributed by atoms with Gasteiger partial charge in [-0.1, -0.05) is 23.7 Å². The van der Waals surface area contributed by atoms with E-state index in [-0.39, 0.29) is 6.79 Å². The van der Waals surface area contributed by atoms with Crippen LogP contribution in [0.15, 0.2) is 54.6 Å². The van der Waals surface area contributed by atoms with Crippen LogP contribution < -0.4 is 20.3 Å². The summed E-state index contributed by atoms with van der Waals surface area (Å²) in [4.78, 5) is 25.9. The molecular weight excluding hydrogens is 388 g/mol. The molecule has 3 aromatic rings. The number of nitrogens with one attached hydrogen (secondary N) is 2. The summed E-state index contributed by atoms with van der Waals surface area (Å²) in [6.45, 7) is 0.130. The van der Waals surface area contributed by atoms with Gasteiger partial charge >= 0.3 is 0 Å². The molecule has 2 aromatic carbocycles. The lowest BCUT2D eigenvalue weighted by molar-refractivity contribution is 0.0849. The van der Waals surface area contributed by atoms with Crippen molar-refractivity contribution in [3.05, 3.63) is 70.1 Å². The number of hydrazine groups is 1. The zero-order valence-corrected chi connectivity index (χ0v) is 15.4. The Balaban J connectivity index is 1.39. The lowest BCUT2D eigenvalue weighted by Crippen LogP contribution is -2.41. The zero-order chi connectivity index (χ0) is 18.8. The minimum Gasteiger partial charge on any atom is -0.454 e. The second kappa shape index (κ2) is 7.30. The van der Waals surface area contributed by atoms with Crippen molar-refractivity contribution in [1.29, 1.82) is 0 Å². The van der Waals surface area contributed by atoms with E-state index in [9.17, 15) is 9.59 Å². The van der Waals surface area contributed by atoms with Gasteiger partial charge in [0.25, 0.3) is 11.8 Å². The molecule has 2 N–H and O–H groups in total. The minimum absolute atomic E-state index is 0.130. The smallest absolute Gasteiger partial charge is 0.279 e. The summed E-state index contributed by atoms with van der Waals surface area (Å²) in [5, 5.41) is 0.652. The number of thiophene rings is 1. The largest absolute Gasteiger partial charge is 0.454 e. The molecule has 0 fully saturated rings. The van der Waals surface area contributed by atoms with Crippen LogP contribution in [0, 0.1) is 0 Å². The van der Waals surface area contributed by atoms with Crippen molar-refractivity contribution >= 4 is 34.8 Å². The summed E-state index contributed by atoms with van der Waals surface area (Å²) >= 11 is 7.21. The molecule has 4 rings (SSSR count). The van der Waals surface area contributed by atoms with Gasteiger partial charge in [-0.25, -0.2) is 0 Å². The highest BCUT2D eigenvalue weighted by Crippen LogP contribution is 2.32. The predicted molar refractivity (Wildman–Crippen MR) is 102 cm³/mol. The molecule has 0 spiro atoms. The highest BCUT2D eigenvalue weighted by Gasteiger charge is 2.17. The molecule has 2 heterocycles. The monoisotopic (exact) mass is 400 g/mol. The van der Waals surface area contributed by atoms with Gasteiger partial charge in [-0.15, -0.1) is 11.3 Å². The van der Waals surface area contributed by atoms with Gasteiger partial charge in [-0.2, -0.15) is 0 Å². The predicted octanol–water partition coefficient (Wildman–Crippen LogP) is 3.87. The first-order valence-electron chi connectivity index (χ1n) is 7.96. The molecule has 1 aliphatic heterocycles. The maximum atomic E-state index is 12.3. The molecule has 1 aromatic heterocycles. The van der Waals surface area contributed by atoms with Crippen LogP contribution >= 0.6 is 22.9 Å². The molecule has 0 unspecified atom stereocenters. The number of hydrogen-bond acceptors (Lipinski definition) is 5. The Bertz CT molecular complexity index is 1020. The van der Waals surface area contributed by atoms with Gasteiger partial charge in [0.05, 0.1) is 4.88 Å². The number of fused-ring (bicyclic) bond motifs is 1. The van der Waals surface area contributed by atoms with Gasteiger partial charge in [0.1, 0.15) is 0 Å². The van der Waals surface area contributed by atoms with Crippen molar-refractivity contribution in [3.63, 3.8) is 0 Å². The fraction of sp³-hybridized carbons (Fsp3) is 0.0526. The molecule has 27 heavy (non-hydrogen) atoms. The number of hydrogen-bond donors (Lipinski definition) is 2. The molecule has 0 saturated carbocycles. The summed E-state index contributed by atoms with van der Waals surface area (Å²) in [5.41, 5.74) is 6.14. The molecule has 8 heteroatoms. The normalized spacial score (nSPS) is 11.9. The van der Waals surface area contributed by atoms with E-state index in [1.165, 1.54) is 11.3 Å². The highest BCUT2D eigenvalue weighted by molar-refractivity contribution is 7.17. The Morgan fingerprint density at radius 3 is 2.44 bits per heavy atom. The molecule has 0 saturated heterocycles. The Kier molecular flexibility index (Phi) is 4.70. The van der Waals surface area contributed by atoms with E-state index in [4.69, 9.17) is 21.1 Å². The standard InChI is InChI=1S/C19H13ClN2O4S/c20-13-4-1-11(2-5-13)16-7-8-17(27-16)19(24)22-21-18(23)12-3-6-14-15(9-12)26-10-25-14/h1-9H,10H2,(H,21,23)(H,22,24). The first-order valence-corrected chi connectivity index (χ1v) is 9.16. The Hall–Kier alpha value is -3.03. The van der Waals surface area contributed by atoms with Crippen molar-refractivity contribution in [2.75, 3.05) is 6.79 Å². The van der Waals surface area contributed by atoms with Gasteiger partial charge in [0.15, 0.2) is 11.5 Å². The van der Waals surface area contributed by atoms with Gasteiger partial charge in [0.2, 0.25) is 6.79 Å². The second-order valence-electron chi connectivity index (χ2n) is 5.65. The maximum Gasteiger partial charge on any atom is 0.279 e. The number of carbonyl (C=O) groups is 2. The van der Waals surface area contributed by atoms with E-state index in [0.29, 0.717) is 27.0 Å². The lowest BCUT2D eigenvalue weighted by atomic mass is 10.2. The lowest BCUT2D eigenvalue weighted by Gasteiger charge is -2.07. The third kappa shape index (κ3) is 3.74. The number of halogens is 1. The van der Waals surface area contributed by atoms with Crippen LogP contribution in [-0.4, -0.2) is 18.6 Å².